The Kier molecular flexibility index (Phi) is 7.38. The highest BCUT2D eigenvalue weighted by atomic mass is 32.2. The van der Waals surface area contributed by atoms with Crippen molar-refractivity contribution in [1.29, 1.82) is 0 Å². The minimum Gasteiger partial charge on any atom is -0.466 e. The number of rotatable bonds is 8. The molecule has 0 radical (unpaired) electrons. The number of anilines is 1. The van der Waals surface area contributed by atoms with E-state index in [1.807, 2.05) is 0 Å². The Bertz CT molecular complexity index is 1280. The van der Waals surface area contributed by atoms with Crippen LogP contribution in [-0.2, 0) is 30.5 Å². The van der Waals surface area contributed by atoms with Gasteiger partial charge in [-0.3, -0.25) is 4.79 Å². The van der Waals surface area contributed by atoms with Crippen LogP contribution in [0.2, 0.25) is 0 Å². The van der Waals surface area contributed by atoms with E-state index in [4.69, 9.17) is 15.0 Å². The van der Waals surface area contributed by atoms with Crippen molar-refractivity contribution in [3.63, 3.8) is 0 Å². The molecule has 2 aromatic rings. The zero-order chi connectivity index (χ0) is 26.0. The van der Waals surface area contributed by atoms with Crippen LogP contribution >= 0.6 is 0 Å². The van der Waals surface area contributed by atoms with Gasteiger partial charge in [-0.15, -0.1) is 0 Å². The molecule has 35 heavy (non-hydrogen) atoms. The number of hydrogen-bond acceptors (Lipinski definition) is 8. The lowest BCUT2D eigenvalue weighted by Gasteiger charge is -2.17. The summed E-state index contributed by atoms with van der Waals surface area (Å²) in [5.41, 5.74) is -1.73. The Morgan fingerprint density at radius 2 is 1.86 bits per heavy atom. The fraction of sp³-hybridized carbons (Fsp3) is 0.238. The molecule has 1 amide bonds. The van der Waals surface area contributed by atoms with E-state index in [-0.39, 0.29) is 47.3 Å². The number of benzene rings is 2. The molecule has 0 saturated heterocycles. The molecule has 0 saturated carbocycles. The molecule has 3 rings (SSSR count). The molecule has 1 aliphatic heterocycles. The van der Waals surface area contributed by atoms with E-state index in [0.717, 1.165) is 42.3 Å². The number of aliphatic hydroxyl groups is 1. The summed E-state index contributed by atoms with van der Waals surface area (Å²) >= 11 is 0. The number of nitrogens with zero attached hydrogens (tertiary/aromatic N) is 1. The Morgan fingerprint density at radius 1 is 1.20 bits per heavy atom. The number of hydrogen-bond donors (Lipinski definition) is 3. The zero-order valence-electron chi connectivity index (χ0n) is 18.1. The van der Waals surface area contributed by atoms with E-state index in [9.17, 15) is 31.2 Å². The molecule has 0 unspecified atom stereocenters. The van der Waals surface area contributed by atoms with Crippen LogP contribution in [0.25, 0.3) is 0 Å². The number of carbonyl (C=O) groups is 2. The zero-order valence-corrected chi connectivity index (χ0v) is 18.9. The maximum Gasteiger partial charge on any atom is 0.420 e. The number of methoxy groups -OCH3 is 1. The molecule has 0 aromatic heterocycles. The van der Waals surface area contributed by atoms with E-state index in [0.29, 0.717) is 6.07 Å². The van der Waals surface area contributed by atoms with Crippen LogP contribution in [0.15, 0.2) is 58.6 Å². The fourth-order valence-electron chi connectivity index (χ4n) is 3.24. The first-order chi connectivity index (χ1) is 16.3. The number of amides is 1. The van der Waals surface area contributed by atoms with Crippen molar-refractivity contribution in [3.05, 3.63) is 59.3 Å². The van der Waals surface area contributed by atoms with Crippen molar-refractivity contribution >= 4 is 27.6 Å². The number of sulfonamides is 1. The number of ether oxygens (including phenoxy) is 2. The van der Waals surface area contributed by atoms with Gasteiger partial charge in [0.05, 0.1) is 30.7 Å². The fourth-order valence-corrected chi connectivity index (χ4v) is 3.75. The quantitative estimate of drug-likeness (QED) is 0.451. The van der Waals surface area contributed by atoms with Gasteiger partial charge in [0.25, 0.3) is 5.91 Å². The number of primary sulfonamides is 1. The first-order valence-corrected chi connectivity index (χ1v) is 11.4. The number of β-amino-alcohol motifs (C(OH)–C–C–N with tert-alkyl or cyclic N) is 1. The Hall–Kier alpha value is -3.62. The Morgan fingerprint density at radius 3 is 2.40 bits per heavy atom. The van der Waals surface area contributed by atoms with Crippen molar-refractivity contribution in [3.8, 4) is 11.5 Å². The van der Waals surface area contributed by atoms with Gasteiger partial charge in [-0.2, -0.15) is 13.2 Å². The topological polar surface area (TPSA) is 148 Å². The highest BCUT2D eigenvalue weighted by Crippen LogP contribution is 2.40. The van der Waals surface area contributed by atoms with Gasteiger partial charge in [0.1, 0.15) is 22.8 Å². The largest absolute Gasteiger partial charge is 0.466 e. The third-order valence-electron chi connectivity index (χ3n) is 4.89. The van der Waals surface area contributed by atoms with Crippen LogP contribution in [0.1, 0.15) is 5.56 Å². The molecular formula is C21H20F3N3O7S. The minimum atomic E-state index is -4.87. The summed E-state index contributed by atoms with van der Waals surface area (Å²) in [6.07, 6.45) is -4.87. The Labute approximate surface area is 197 Å². The molecule has 0 aliphatic carbocycles. The van der Waals surface area contributed by atoms with Crippen molar-refractivity contribution < 1.29 is 45.8 Å². The third-order valence-corrected chi connectivity index (χ3v) is 5.82. The summed E-state index contributed by atoms with van der Waals surface area (Å²) in [4.78, 5) is 25.6. The van der Waals surface area contributed by atoms with Crippen LogP contribution in [0, 0.1) is 0 Å². The molecule has 0 fully saturated rings. The second-order valence-electron chi connectivity index (χ2n) is 7.25. The predicted molar refractivity (Wildman–Crippen MR) is 116 cm³/mol. The number of halogens is 3. The normalized spacial score (nSPS) is 14.3. The van der Waals surface area contributed by atoms with Gasteiger partial charge in [-0.25, -0.2) is 18.4 Å². The van der Waals surface area contributed by atoms with E-state index < -0.39 is 39.4 Å². The SMILES string of the molecule is COC(=O)C1=C(Nc2ccc(Oc3ccc(S(N)(=O)=O)cc3)c(C(F)(F)F)c2)C(=O)N(CCO)C1. The lowest BCUT2D eigenvalue weighted by molar-refractivity contribution is -0.138. The number of nitrogens with one attached hydrogen (secondary N) is 1. The smallest absolute Gasteiger partial charge is 0.420 e. The predicted octanol–water partition coefficient (Wildman–Crippen LogP) is 1.82. The number of aliphatic hydroxyl groups excluding tert-OH is 1. The van der Waals surface area contributed by atoms with E-state index in [2.05, 4.69) is 10.1 Å². The summed E-state index contributed by atoms with van der Waals surface area (Å²) in [5, 5.41) is 16.7. The average molecular weight is 515 g/mol. The van der Waals surface area contributed by atoms with Gasteiger partial charge < -0.3 is 24.8 Å². The first kappa shape index (κ1) is 26.0. The van der Waals surface area contributed by atoms with Gasteiger partial charge in [-0.1, -0.05) is 0 Å². The summed E-state index contributed by atoms with van der Waals surface area (Å²) < 4.78 is 73.9. The van der Waals surface area contributed by atoms with Gasteiger partial charge >= 0.3 is 12.1 Å². The van der Waals surface area contributed by atoms with Crippen LogP contribution in [-0.4, -0.2) is 57.1 Å². The summed E-state index contributed by atoms with van der Waals surface area (Å²) in [5.74, 6) is -2.21. The molecule has 1 aliphatic rings. The molecule has 14 heteroatoms. The van der Waals surface area contributed by atoms with Crippen molar-refractivity contribution in [2.45, 2.75) is 11.1 Å². The van der Waals surface area contributed by atoms with Crippen LogP contribution < -0.4 is 15.2 Å². The molecular weight excluding hydrogens is 495 g/mol. The molecule has 0 atom stereocenters. The standard InChI is InChI=1S/C21H20F3N3O7S/c1-33-20(30)15-11-27(8-9-28)19(29)18(15)26-12-2-7-17(16(10-12)21(22,23)24)34-13-3-5-14(6-4-13)35(25,31)32/h2-7,10,26,28H,8-9,11H2,1H3,(H2,25,31,32). The number of nitrogens with two attached hydrogens (primary N) is 1. The molecule has 1 heterocycles. The number of alkyl halides is 3. The molecule has 188 valence electrons. The number of esters is 1. The van der Waals surface area contributed by atoms with Crippen molar-refractivity contribution in [1.82, 2.24) is 4.90 Å². The first-order valence-electron chi connectivity index (χ1n) is 9.85. The molecule has 0 spiro atoms. The molecule has 10 nitrogen and oxygen atoms in total. The lowest BCUT2D eigenvalue weighted by Crippen LogP contribution is -2.31. The highest BCUT2D eigenvalue weighted by molar-refractivity contribution is 7.89. The maximum absolute atomic E-state index is 13.8. The number of carbonyl (C=O) groups excluding carboxylic acids is 2. The second kappa shape index (κ2) is 9.93. The summed E-state index contributed by atoms with van der Waals surface area (Å²) in [6, 6.07) is 7.35. The van der Waals surface area contributed by atoms with Crippen LogP contribution in [0.5, 0.6) is 11.5 Å². The monoisotopic (exact) mass is 515 g/mol. The van der Waals surface area contributed by atoms with Crippen LogP contribution in [0.4, 0.5) is 18.9 Å². The van der Waals surface area contributed by atoms with E-state index in [1.54, 1.807) is 0 Å². The lowest BCUT2D eigenvalue weighted by atomic mass is 10.1. The summed E-state index contributed by atoms with van der Waals surface area (Å²) in [7, 11) is -2.90. The van der Waals surface area contributed by atoms with Gasteiger partial charge in [-0.05, 0) is 42.5 Å². The Balaban J connectivity index is 1.94. The molecule has 4 N–H and O–H groups in total. The summed E-state index contributed by atoms with van der Waals surface area (Å²) in [6.45, 7) is -0.651. The van der Waals surface area contributed by atoms with Gasteiger partial charge in [0, 0.05) is 12.2 Å². The third kappa shape index (κ3) is 5.90. The molecule has 2 aromatic carbocycles. The maximum atomic E-state index is 13.8. The minimum absolute atomic E-state index is 0.0788. The molecule has 0 bridgehead atoms. The van der Waals surface area contributed by atoms with Gasteiger partial charge in [0.2, 0.25) is 10.0 Å². The van der Waals surface area contributed by atoms with Gasteiger partial charge in [0.15, 0.2) is 0 Å². The van der Waals surface area contributed by atoms with E-state index in [1.165, 1.54) is 6.07 Å². The van der Waals surface area contributed by atoms with Crippen molar-refractivity contribution in [2.24, 2.45) is 5.14 Å². The van der Waals surface area contributed by atoms with Crippen molar-refractivity contribution in [2.75, 3.05) is 32.1 Å². The second-order valence-corrected chi connectivity index (χ2v) is 8.81. The average Bonchev–Trinajstić information content (AvgIpc) is 3.09. The highest BCUT2D eigenvalue weighted by Gasteiger charge is 2.37. The van der Waals surface area contributed by atoms with E-state index >= 15 is 0 Å². The van der Waals surface area contributed by atoms with Crippen LogP contribution in [0.3, 0.4) is 0 Å².